The van der Waals surface area contributed by atoms with Gasteiger partial charge in [-0.1, -0.05) is 30.3 Å². The van der Waals surface area contributed by atoms with Crippen molar-refractivity contribution in [2.45, 2.75) is 51.2 Å². The SMILES string of the molecule is CC(=O)N1CCc2ccccc2C1CC(=O)N(Cc1cccnc1)C1CC1. The Morgan fingerprint density at radius 2 is 2.00 bits per heavy atom. The molecule has 0 radical (unpaired) electrons. The van der Waals surface area contributed by atoms with Crippen LogP contribution in [0.25, 0.3) is 0 Å². The maximum Gasteiger partial charge on any atom is 0.225 e. The van der Waals surface area contributed by atoms with Crippen molar-refractivity contribution in [2.75, 3.05) is 6.54 Å². The van der Waals surface area contributed by atoms with Gasteiger partial charge in [-0.3, -0.25) is 14.6 Å². The van der Waals surface area contributed by atoms with Crippen LogP contribution in [0.5, 0.6) is 0 Å². The summed E-state index contributed by atoms with van der Waals surface area (Å²) < 4.78 is 0. The summed E-state index contributed by atoms with van der Waals surface area (Å²) in [5, 5.41) is 0. The number of hydrogen-bond donors (Lipinski definition) is 0. The Morgan fingerprint density at radius 1 is 1.19 bits per heavy atom. The minimum atomic E-state index is -0.171. The summed E-state index contributed by atoms with van der Waals surface area (Å²) in [6.45, 7) is 2.86. The lowest BCUT2D eigenvalue weighted by Gasteiger charge is -2.37. The predicted octanol–water partition coefficient (Wildman–Crippen LogP) is 3.11. The zero-order chi connectivity index (χ0) is 18.8. The van der Waals surface area contributed by atoms with Gasteiger partial charge >= 0.3 is 0 Å². The molecule has 2 heterocycles. The summed E-state index contributed by atoms with van der Waals surface area (Å²) in [6.07, 6.45) is 6.88. The first-order valence-electron chi connectivity index (χ1n) is 9.67. The van der Waals surface area contributed by atoms with E-state index < -0.39 is 0 Å². The lowest BCUT2D eigenvalue weighted by molar-refractivity contribution is -0.137. The van der Waals surface area contributed by atoms with Crippen LogP contribution < -0.4 is 0 Å². The van der Waals surface area contributed by atoms with Crippen LogP contribution in [0, 0.1) is 0 Å². The Labute approximate surface area is 160 Å². The van der Waals surface area contributed by atoms with E-state index in [-0.39, 0.29) is 17.9 Å². The zero-order valence-corrected chi connectivity index (χ0v) is 15.7. The van der Waals surface area contributed by atoms with Crippen LogP contribution in [0.4, 0.5) is 0 Å². The smallest absolute Gasteiger partial charge is 0.225 e. The Hall–Kier alpha value is -2.69. The zero-order valence-electron chi connectivity index (χ0n) is 15.7. The summed E-state index contributed by atoms with van der Waals surface area (Å²) in [5.41, 5.74) is 3.41. The van der Waals surface area contributed by atoms with Crippen molar-refractivity contribution in [3.63, 3.8) is 0 Å². The highest BCUT2D eigenvalue weighted by Crippen LogP contribution is 2.35. The van der Waals surface area contributed by atoms with Crippen LogP contribution in [0.3, 0.4) is 0 Å². The monoisotopic (exact) mass is 363 g/mol. The van der Waals surface area contributed by atoms with Gasteiger partial charge in [0.25, 0.3) is 0 Å². The van der Waals surface area contributed by atoms with Crippen LogP contribution in [-0.2, 0) is 22.6 Å². The van der Waals surface area contributed by atoms with Crippen molar-refractivity contribution in [1.29, 1.82) is 0 Å². The number of fused-ring (bicyclic) bond motifs is 1. The third-order valence-corrected chi connectivity index (χ3v) is 5.57. The molecule has 140 valence electrons. The van der Waals surface area contributed by atoms with Crippen molar-refractivity contribution in [2.24, 2.45) is 0 Å². The molecule has 5 heteroatoms. The fraction of sp³-hybridized carbons (Fsp3) is 0.409. The number of hydrogen-bond acceptors (Lipinski definition) is 3. The molecule has 2 aliphatic rings. The van der Waals surface area contributed by atoms with Crippen LogP contribution >= 0.6 is 0 Å². The van der Waals surface area contributed by atoms with E-state index >= 15 is 0 Å². The van der Waals surface area contributed by atoms with E-state index in [9.17, 15) is 9.59 Å². The van der Waals surface area contributed by atoms with Crippen LogP contribution in [-0.4, -0.2) is 39.2 Å². The normalized spacial score (nSPS) is 18.7. The Kier molecular flexibility index (Phi) is 4.92. The number of benzene rings is 1. The third-order valence-electron chi connectivity index (χ3n) is 5.57. The second-order valence-electron chi connectivity index (χ2n) is 7.50. The molecule has 1 aromatic carbocycles. The molecule has 0 bridgehead atoms. The van der Waals surface area contributed by atoms with Gasteiger partial charge in [-0.2, -0.15) is 0 Å². The van der Waals surface area contributed by atoms with E-state index in [1.54, 1.807) is 13.1 Å². The van der Waals surface area contributed by atoms with Gasteiger partial charge in [0.1, 0.15) is 0 Å². The maximum absolute atomic E-state index is 13.2. The lowest BCUT2D eigenvalue weighted by Crippen LogP contribution is -2.42. The number of nitrogens with zero attached hydrogens (tertiary/aromatic N) is 3. The molecule has 1 atom stereocenters. The van der Waals surface area contributed by atoms with Gasteiger partial charge in [0.05, 0.1) is 12.5 Å². The molecule has 1 aliphatic heterocycles. The second-order valence-corrected chi connectivity index (χ2v) is 7.50. The van der Waals surface area contributed by atoms with Crippen molar-refractivity contribution in [1.82, 2.24) is 14.8 Å². The van der Waals surface area contributed by atoms with E-state index in [1.165, 1.54) is 5.56 Å². The van der Waals surface area contributed by atoms with Gasteiger partial charge in [-0.15, -0.1) is 0 Å². The third kappa shape index (κ3) is 3.87. The highest BCUT2D eigenvalue weighted by atomic mass is 16.2. The van der Waals surface area contributed by atoms with Gasteiger partial charge in [0.15, 0.2) is 0 Å². The second kappa shape index (κ2) is 7.51. The molecule has 2 amide bonds. The lowest BCUT2D eigenvalue weighted by atomic mass is 9.90. The molecule has 4 rings (SSSR count). The quantitative estimate of drug-likeness (QED) is 0.820. The molecular formula is C22H25N3O2. The molecule has 2 aromatic rings. The highest BCUT2D eigenvalue weighted by Gasteiger charge is 2.36. The maximum atomic E-state index is 13.2. The van der Waals surface area contributed by atoms with Gasteiger partial charge in [-0.25, -0.2) is 0 Å². The van der Waals surface area contributed by atoms with E-state index in [2.05, 4.69) is 17.1 Å². The molecule has 1 aliphatic carbocycles. The fourth-order valence-corrected chi connectivity index (χ4v) is 4.03. The number of carbonyl (C=O) groups excluding carboxylic acids is 2. The number of aromatic nitrogens is 1. The first-order valence-corrected chi connectivity index (χ1v) is 9.67. The average Bonchev–Trinajstić information content (AvgIpc) is 3.52. The first-order chi connectivity index (χ1) is 13.1. The molecule has 0 N–H and O–H groups in total. The van der Waals surface area contributed by atoms with Crippen molar-refractivity contribution in [3.8, 4) is 0 Å². The van der Waals surface area contributed by atoms with Crippen LogP contribution in [0.15, 0.2) is 48.8 Å². The van der Waals surface area contributed by atoms with Crippen LogP contribution in [0.2, 0.25) is 0 Å². The number of pyridine rings is 1. The standard InChI is InChI=1S/C22H25N3O2/c1-16(26)24-12-10-18-6-2-3-7-20(18)21(24)13-22(27)25(19-8-9-19)15-17-5-4-11-23-14-17/h2-7,11,14,19,21H,8-10,12-13,15H2,1H3. The molecule has 0 saturated heterocycles. The van der Waals surface area contributed by atoms with Gasteiger partial charge in [0.2, 0.25) is 11.8 Å². The summed E-state index contributed by atoms with van der Waals surface area (Å²) in [5.74, 6) is 0.154. The highest BCUT2D eigenvalue weighted by molar-refractivity contribution is 5.80. The van der Waals surface area contributed by atoms with Crippen molar-refractivity contribution < 1.29 is 9.59 Å². The summed E-state index contributed by atoms with van der Waals surface area (Å²) in [6, 6.07) is 12.3. The van der Waals surface area contributed by atoms with Gasteiger partial charge < -0.3 is 9.80 Å². The van der Waals surface area contributed by atoms with Crippen LogP contribution in [0.1, 0.15) is 48.9 Å². The molecule has 1 fully saturated rings. The molecular weight excluding hydrogens is 338 g/mol. The number of amides is 2. The Bertz CT molecular complexity index is 832. The number of carbonyl (C=O) groups is 2. The molecule has 1 aromatic heterocycles. The van der Waals surface area contributed by atoms with Gasteiger partial charge in [-0.05, 0) is 42.0 Å². The Balaban J connectivity index is 1.56. The minimum Gasteiger partial charge on any atom is -0.335 e. The molecule has 5 nitrogen and oxygen atoms in total. The number of rotatable bonds is 5. The molecule has 27 heavy (non-hydrogen) atoms. The largest absolute Gasteiger partial charge is 0.335 e. The van der Waals surface area contributed by atoms with Crippen molar-refractivity contribution in [3.05, 3.63) is 65.5 Å². The minimum absolute atomic E-state index is 0.0348. The summed E-state index contributed by atoms with van der Waals surface area (Å²) in [7, 11) is 0. The Morgan fingerprint density at radius 3 is 2.70 bits per heavy atom. The van der Waals surface area contributed by atoms with E-state index in [0.29, 0.717) is 25.6 Å². The summed E-state index contributed by atoms with van der Waals surface area (Å²) >= 11 is 0. The average molecular weight is 363 g/mol. The molecule has 1 saturated carbocycles. The van der Waals surface area contributed by atoms with Crippen molar-refractivity contribution >= 4 is 11.8 Å². The summed E-state index contributed by atoms with van der Waals surface area (Å²) in [4.78, 5) is 33.4. The van der Waals surface area contributed by atoms with Gasteiger partial charge in [0, 0.05) is 38.4 Å². The fourth-order valence-electron chi connectivity index (χ4n) is 4.03. The topological polar surface area (TPSA) is 53.5 Å². The van der Waals surface area contributed by atoms with E-state index in [1.807, 2.05) is 40.3 Å². The molecule has 1 unspecified atom stereocenters. The molecule has 0 spiro atoms. The first kappa shape index (κ1) is 17.7. The predicted molar refractivity (Wildman–Crippen MR) is 103 cm³/mol. The van der Waals surface area contributed by atoms with E-state index in [4.69, 9.17) is 0 Å². The van der Waals surface area contributed by atoms with E-state index in [0.717, 1.165) is 30.4 Å².